The molecule has 0 radical (unpaired) electrons. The predicted octanol–water partition coefficient (Wildman–Crippen LogP) is 4.75. The number of hydrogen-bond donors (Lipinski definition) is 3. The molecule has 3 aromatic rings. The van der Waals surface area contributed by atoms with Crippen molar-refractivity contribution < 1.29 is 18.3 Å². The van der Waals surface area contributed by atoms with Gasteiger partial charge in [-0.15, -0.1) is 0 Å². The Morgan fingerprint density at radius 2 is 1.91 bits per heavy atom. The zero-order chi connectivity index (χ0) is 23.7. The van der Waals surface area contributed by atoms with Crippen molar-refractivity contribution in [2.75, 3.05) is 19.0 Å². The summed E-state index contributed by atoms with van der Waals surface area (Å²) in [6.45, 7) is 0.346. The number of ether oxygens (including phenoxy) is 1. The van der Waals surface area contributed by atoms with Crippen molar-refractivity contribution in [3.8, 4) is 11.5 Å². The molecule has 1 aliphatic heterocycles. The molecule has 7 heteroatoms. The molecule has 3 aromatic carbocycles. The van der Waals surface area contributed by atoms with E-state index in [2.05, 4.69) is 22.2 Å². The highest BCUT2D eigenvalue weighted by atomic mass is 32.2. The molecule has 1 aliphatic carbocycles. The van der Waals surface area contributed by atoms with Crippen LogP contribution in [0.3, 0.4) is 0 Å². The summed E-state index contributed by atoms with van der Waals surface area (Å²) >= 11 is 0. The number of hydrogen-bond acceptors (Lipinski definition) is 5. The summed E-state index contributed by atoms with van der Waals surface area (Å²) in [5.41, 5.74) is 4.04. The second-order valence-electron chi connectivity index (χ2n) is 8.79. The molecule has 0 spiro atoms. The summed E-state index contributed by atoms with van der Waals surface area (Å²) in [6.07, 6.45) is 5.86. The van der Waals surface area contributed by atoms with Gasteiger partial charge in [-0.3, -0.25) is 0 Å². The SMILES string of the molecule is COc1cc(C2Nc3ccc(S(=O)(=O)NCCc4ccccc4)cc3C3C=CCC32)ccc1O. The van der Waals surface area contributed by atoms with Gasteiger partial charge in [-0.05, 0) is 65.8 Å². The van der Waals surface area contributed by atoms with Gasteiger partial charge in [0, 0.05) is 18.2 Å². The molecule has 3 unspecified atom stereocenters. The van der Waals surface area contributed by atoms with Crippen LogP contribution >= 0.6 is 0 Å². The summed E-state index contributed by atoms with van der Waals surface area (Å²) in [4.78, 5) is 0.282. The number of phenolic OH excluding ortho intramolecular Hbond substituents is 1. The second-order valence-corrected chi connectivity index (χ2v) is 10.6. The van der Waals surface area contributed by atoms with Crippen LogP contribution in [0.15, 0.2) is 83.8 Å². The van der Waals surface area contributed by atoms with Gasteiger partial charge in [0.05, 0.1) is 18.0 Å². The maximum absolute atomic E-state index is 13.0. The Balaban J connectivity index is 1.39. The highest BCUT2D eigenvalue weighted by molar-refractivity contribution is 7.89. The minimum Gasteiger partial charge on any atom is -0.504 e. The number of aromatic hydroxyl groups is 1. The number of phenols is 1. The third-order valence-electron chi connectivity index (χ3n) is 6.76. The van der Waals surface area contributed by atoms with Crippen LogP contribution in [0.2, 0.25) is 0 Å². The lowest BCUT2D eigenvalue weighted by Gasteiger charge is -2.37. The molecule has 5 rings (SSSR count). The second kappa shape index (κ2) is 9.16. The first-order valence-electron chi connectivity index (χ1n) is 11.4. The maximum atomic E-state index is 13.0. The summed E-state index contributed by atoms with van der Waals surface area (Å²) in [6, 6.07) is 20.6. The normalized spacial score (nSPS) is 20.9. The summed E-state index contributed by atoms with van der Waals surface area (Å²) < 4.78 is 34.0. The molecule has 0 bridgehead atoms. The van der Waals surface area contributed by atoms with Crippen LogP contribution in [0, 0.1) is 5.92 Å². The number of fused-ring (bicyclic) bond motifs is 3. The van der Waals surface area contributed by atoms with E-state index in [4.69, 9.17) is 4.74 Å². The lowest BCUT2D eigenvalue weighted by atomic mass is 9.77. The molecular weight excluding hydrogens is 448 g/mol. The molecule has 0 saturated carbocycles. The molecule has 6 nitrogen and oxygen atoms in total. The largest absolute Gasteiger partial charge is 0.504 e. The minimum atomic E-state index is -3.62. The highest BCUT2D eigenvalue weighted by Gasteiger charge is 2.38. The Bertz CT molecular complexity index is 1320. The number of benzene rings is 3. The van der Waals surface area contributed by atoms with Gasteiger partial charge in [-0.25, -0.2) is 13.1 Å². The van der Waals surface area contributed by atoms with Crippen LogP contribution in [0.5, 0.6) is 11.5 Å². The van der Waals surface area contributed by atoms with Crippen molar-refractivity contribution in [2.24, 2.45) is 5.92 Å². The van der Waals surface area contributed by atoms with E-state index in [1.807, 2.05) is 48.5 Å². The Morgan fingerprint density at radius 3 is 2.71 bits per heavy atom. The summed E-state index contributed by atoms with van der Waals surface area (Å²) in [7, 11) is -2.08. The van der Waals surface area contributed by atoms with Gasteiger partial charge in [-0.2, -0.15) is 0 Å². The van der Waals surface area contributed by atoms with Gasteiger partial charge in [0.1, 0.15) is 0 Å². The molecule has 3 N–H and O–H groups in total. The highest BCUT2D eigenvalue weighted by Crippen LogP contribution is 2.50. The topological polar surface area (TPSA) is 87.7 Å². The fourth-order valence-corrected chi connectivity index (χ4v) is 6.08. The number of methoxy groups -OCH3 is 1. The third-order valence-corrected chi connectivity index (χ3v) is 8.21. The molecule has 0 fully saturated rings. The molecule has 1 heterocycles. The summed E-state index contributed by atoms with van der Waals surface area (Å²) in [5, 5.41) is 13.6. The van der Waals surface area contributed by atoms with Crippen LogP contribution < -0.4 is 14.8 Å². The van der Waals surface area contributed by atoms with Crippen molar-refractivity contribution in [3.05, 3.63) is 95.6 Å². The lowest BCUT2D eigenvalue weighted by molar-refractivity contribution is 0.370. The molecule has 3 atom stereocenters. The standard InChI is InChI=1S/C27H28N2O4S/c1-33-26-16-19(10-13-25(26)30)27-22-9-5-8-21(22)23-17-20(11-12-24(23)29-27)34(31,32)28-15-14-18-6-3-2-4-7-18/h2-8,10-13,16-17,21-22,27-30H,9,14-15H2,1H3. The monoisotopic (exact) mass is 476 g/mol. The molecule has 0 aromatic heterocycles. The third kappa shape index (κ3) is 4.29. The first-order chi connectivity index (χ1) is 16.5. The van der Waals surface area contributed by atoms with Crippen LogP contribution in [0.1, 0.15) is 35.1 Å². The van der Waals surface area contributed by atoms with E-state index in [1.54, 1.807) is 18.2 Å². The number of allylic oxidation sites excluding steroid dienone is 2. The van der Waals surface area contributed by atoms with E-state index in [0.717, 1.165) is 28.8 Å². The van der Waals surface area contributed by atoms with Gasteiger partial charge in [0.25, 0.3) is 0 Å². The molecule has 0 amide bonds. The molecule has 2 aliphatic rings. The number of rotatable bonds is 7. The Hall–Kier alpha value is -3.29. The van der Waals surface area contributed by atoms with Crippen molar-refractivity contribution in [1.82, 2.24) is 4.72 Å². The van der Waals surface area contributed by atoms with Crippen LogP contribution in [0.25, 0.3) is 0 Å². The molecule has 176 valence electrons. The first kappa shape index (κ1) is 22.5. The molecule has 0 saturated heterocycles. The fourth-order valence-electron chi connectivity index (χ4n) is 5.02. The maximum Gasteiger partial charge on any atom is 0.240 e. The number of nitrogens with one attached hydrogen (secondary N) is 2. The van der Waals surface area contributed by atoms with E-state index >= 15 is 0 Å². The van der Waals surface area contributed by atoms with Crippen molar-refractivity contribution in [1.29, 1.82) is 0 Å². The van der Waals surface area contributed by atoms with Crippen molar-refractivity contribution in [3.63, 3.8) is 0 Å². The van der Waals surface area contributed by atoms with Gasteiger partial charge in [0.2, 0.25) is 10.0 Å². The average molecular weight is 477 g/mol. The molecule has 34 heavy (non-hydrogen) atoms. The minimum absolute atomic E-state index is 0.0217. The molecular formula is C27H28N2O4S. The van der Waals surface area contributed by atoms with Gasteiger partial charge >= 0.3 is 0 Å². The Kier molecular flexibility index (Phi) is 6.06. The zero-order valence-electron chi connectivity index (χ0n) is 18.9. The van der Waals surface area contributed by atoms with Crippen LogP contribution in [-0.4, -0.2) is 27.2 Å². The van der Waals surface area contributed by atoms with E-state index in [0.29, 0.717) is 18.7 Å². The van der Waals surface area contributed by atoms with E-state index < -0.39 is 10.0 Å². The number of anilines is 1. The van der Waals surface area contributed by atoms with Gasteiger partial charge in [0.15, 0.2) is 11.5 Å². The Morgan fingerprint density at radius 1 is 1.09 bits per heavy atom. The van der Waals surface area contributed by atoms with Crippen LogP contribution in [-0.2, 0) is 16.4 Å². The fraction of sp³-hybridized carbons (Fsp3) is 0.259. The summed E-state index contributed by atoms with van der Waals surface area (Å²) in [5.74, 6) is 0.903. The van der Waals surface area contributed by atoms with Crippen molar-refractivity contribution >= 4 is 15.7 Å². The first-order valence-corrected chi connectivity index (χ1v) is 12.9. The predicted molar refractivity (Wildman–Crippen MR) is 133 cm³/mol. The lowest BCUT2D eigenvalue weighted by Crippen LogP contribution is -2.30. The van der Waals surface area contributed by atoms with Crippen LogP contribution in [0.4, 0.5) is 5.69 Å². The zero-order valence-corrected chi connectivity index (χ0v) is 19.8. The number of sulfonamides is 1. The Labute approximate surface area is 200 Å². The van der Waals surface area contributed by atoms with E-state index in [1.165, 1.54) is 7.11 Å². The average Bonchev–Trinajstić information content (AvgIpc) is 3.34. The van der Waals surface area contributed by atoms with E-state index in [9.17, 15) is 13.5 Å². The quantitative estimate of drug-likeness (QED) is 0.429. The van der Waals surface area contributed by atoms with Gasteiger partial charge < -0.3 is 15.2 Å². The van der Waals surface area contributed by atoms with Gasteiger partial charge in [-0.1, -0.05) is 48.6 Å². The smallest absolute Gasteiger partial charge is 0.240 e. The van der Waals surface area contributed by atoms with Crippen molar-refractivity contribution in [2.45, 2.75) is 29.7 Å². The van der Waals surface area contributed by atoms with E-state index in [-0.39, 0.29) is 28.5 Å².